The molecule has 1 heterocycles. The van der Waals surface area contributed by atoms with Crippen LogP contribution in [0, 0.1) is 0 Å². The third-order valence-corrected chi connectivity index (χ3v) is 12.7. The lowest BCUT2D eigenvalue weighted by Crippen LogP contribution is -2.52. The van der Waals surface area contributed by atoms with E-state index < -0.39 is 0 Å². The lowest BCUT2D eigenvalue weighted by Gasteiger charge is -2.46. The Morgan fingerprint density at radius 1 is 0.447 bits per heavy atom. The first-order chi connectivity index (χ1) is 23.1. The fourth-order valence-electron chi connectivity index (χ4n) is 10.4. The minimum atomic E-state index is -0.290. The minimum Gasteiger partial charge on any atom is -0.334 e. The highest BCUT2D eigenvalue weighted by Crippen LogP contribution is 2.64. The molecule has 1 nitrogen and oxygen atoms in total. The Bertz CT molecular complexity index is 2180. The summed E-state index contributed by atoms with van der Waals surface area (Å²) in [5.41, 5.74) is 17.7. The zero-order valence-electron chi connectivity index (χ0n) is 27.3. The summed E-state index contributed by atoms with van der Waals surface area (Å²) in [5, 5.41) is 0. The van der Waals surface area contributed by atoms with Gasteiger partial charge in [0.05, 0.1) is 11.0 Å². The molecule has 228 valence electrons. The van der Waals surface area contributed by atoms with E-state index in [4.69, 9.17) is 0 Å². The number of hydrogen-bond donors (Lipinski definition) is 0. The average molecular weight is 606 g/mol. The molecule has 1 saturated carbocycles. The van der Waals surface area contributed by atoms with Crippen LogP contribution in [0.15, 0.2) is 140 Å². The topological polar surface area (TPSA) is 3.24 Å². The van der Waals surface area contributed by atoms with E-state index >= 15 is 0 Å². The molecule has 1 aliphatic heterocycles. The summed E-state index contributed by atoms with van der Waals surface area (Å²) in [6.07, 6.45) is 6.33. The summed E-state index contributed by atoms with van der Waals surface area (Å²) in [6.45, 7) is 5.09. The van der Waals surface area contributed by atoms with Gasteiger partial charge in [-0.25, -0.2) is 0 Å². The molecule has 6 aromatic rings. The summed E-state index contributed by atoms with van der Waals surface area (Å²) in [5.74, 6) is 0. The van der Waals surface area contributed by atoms with Crippen LogP contribution in [0.25, 0.3) is 33.4 Å². The first-order valence-electron chi connectivity index (χ1n) is 17.5. The van der Waals surface area contributed by atoms with Crippen LogP contribution in [0.3, 0.4) is 0 Å². The average Bonchev–Trinajstić information content (AvgIpc) is 3.60. The second-order valence-electron chi connectivity index (χ2n) is 14.7. The van der Waals surface area contributed by atoms with E-state index in [2.05, 4.69) is 158 Å². The van der Waals surface area contributed by atoms with Crippen molar-refractivity contribution in [2.75, 3.05) is 4.90 Å². The molecule has 0 amide bonds. The second kappa shape index (κ2) is 9.58. The molecule has 1 spiro atoms. The highest BCUT2D eigenvalue weighted by Gasteiger charge is 2.57. The van der Waals surface area contributed by atoms with E-state index in [1.54, 1.807) is 0 Å². The van der Waals surface area contributed by atoms with Gasteiger partial charge in [-0.05, 0) is 111 Å². The van der Waals surface area contributed by atoms with Gasteiger partial charge in [-0.15, -0.1) is 0 Å². The van der Waals surface area contributed by atoms with Gasteiger partial charge in [-0.2, -0.15) is 0 Å². The third kappa shape index (κ3) is 3.35. The highest BCUT2D eigenvalue weighted by molar-refractivity contribution is 5.96. The lowest BCUT2D eigenvalue weighted by molar-refractivity contribution is 0.261. The normalized spacial score (nSPS) is 22.6. The summed E-state index contributed by atoms with van der Waals surface area (Å²) in [6, 6.07) is 53.1. The SMILES string of the molecule is CC12CCCCCC1(C)N(c1ccccc1)c1ccc(-c3ccc4c(c3)-c3ccccc3C43c4ccccc4-c4ccccc43)cc12. The Hall–Kier alpha value is -4.88. The molecule has 0 radical (unpaired) electrons. The van der Waals surface area contributed by atoms with Crippen molar-refractivity contribution in [2.24, 2.45) is 0 Å². The van der Waals surface area contributed by atoms with E-state index in [1.165, 1.54) is 105 Å². The van der Waals surface area contributed by atoms with Gasteiger partial charge in [0.2, 0.25) is 0 Å². The van der Waals surface area contributed by atoms with Crippen molar-refractivity contribution < 1.29 is 0 Å². The maximum Gasteiger partial charge on any atom is 0.0725 e. The van der Waals surface area contributed by atoms with Gasteiger partial charge in [0, 0.05) is 16.8 Å². The minimum absolute atomic E-state index is 0.0400. The van der Waals surface area contributed by atoms with E-state index in [0.717, 1.165) is 0 Å². The number of fused-ring (bicyclic) bond motifs is 13. The number of hydrogen-bond acceptors (Lipinski definition) is 1. The van der Waals surface area contributed by atoms with Crippen molar-refractivity contribution in [3.63, 3.8) is 0 Å². The van der Waals surface area contributed by atoms with Gasteiger partial charge in [0.1, 0.15) is 0 Å². The van der Waals surface area contributed by atoms with Crippen molar-refractivity contribution >= 4 is 11.4 Å². The first kappa shape index (κ1) is 27.3. The Kier molecular flexibility index (Phi) is 5.55. The first-order valence-corrected chi connectivity index (χ1v) is 17.5. The van der Waals surface area contributed by atoms with Crippen molar-refractivity contribution in [3.8, 4) is 33.4 Å². The molecule has 0 saturated heterocycles. The molecular formula is C46H39N. The van der Waals surface area contributed by atoms with Gasteiger partial charge >= 0.3 is 0 Å². The second-order valence-corrected chi connectivity index (χ2v) is 14.7. The van der Waals surface area contributed by atoms with Crippen molar-refractivity contribution in [2.45, 2.75) is 62.3 Å². The van der Waals surface area contributed by atoms with Gasteiger partial charge in [0.25, 0.3) is 0 Å². The Labute approximate surface area is 278 Å². The van der Waals surface area contributed by atoms with Crippen molar-refractivity contribution in [1.29, 1.82) is 0 Å². The molecule has 0 bridgehead atoms. The van der Waals surface area contributed by atoms with E-state index in [9.17, 15) is 0 Å². The predicted molar refractivity (Wildman–Crippen MR) is 196 cm³/mol. The molecule has 4 aliphatic rings. The summed E-state index contributed by atoms with van der Waals surface area (Å²) in [4.78, 5) is 2.69. The van der Waals surface area contributed by atoms with E-state index in [0.29, 0.717) is 0 Å². The van der Waals surface area contributed by atoms with Gasteiger partial charge < -0.3 is 4.90 Å². The van der Waals surface area contributed by atoms with Gasteiger partial charge in [-0.3, -0.25) is 0 Å². The molecule has 0 aromatic heterocycles. The Morgan fingerprint density at radius 2 is 0.979 bits per heavy atom. The zero-order valence-corrected chi connectivity index (χ0v) is 27.3. The largest absolute Gasteiger partial charge is 0.334 e. The molecular weight excluding hydrogens is 567 g/mol. The molecule has 2 atom stereocenters. The third-order valence-electron chi connectivity index (χ3n) is 12.7. The standard InChI is InChI=1S/C46H39N/c1-44-27-13-4-14-28-45(44,2)47(33-15-5-3-6-16-33)43-26-24-32(30-42(43)44)31-23-25-41-37(29-31)36-19-9-12-22-40(36)46(41)38-20-10-7-17-34(38)35-18-8-11-21-39(35)46/h3,5-12,15-26,29-30H,4,13-14,27-28H2,1-2H3. The molecule has 2 unspecified atom stereocenters. The smallest absolute Gasteiger partial charge is 0.0725 e. The molecule has 1 fully saturated rings. The Balaban J connectivity index is 1.17. The molecule has 3 aliphatic carbocycles. The zero-order chi connectivity index (χ0) is 31.4. The van der Waals surface area contributed by atoms with Crippen molar-refractivity contribution in [1.82, 2.24) is 0 Å². The number of para-hydroxylation sites is 1. The summed E-state index contributed by atoms with van der Waals surface area (Å²) < 4.78 is 0. The van der Waals surface area contributed by atoms with Crippen LogP contribution in [0.5, 0.6) is 0 Å². The van der Waals surface area contributed by atoms with Crippen LogP contribution in [-0.2, 0) is 10.8 Å². The molecule has 0 N–H and O–H groups in total. The monoisotopic (exact) mass is 605 g/mol. The number of rotatable bonds is 2. The molecule has 6 aromatic carbocycles. The van der Waals surface area contributed by atoms with Crippen LogP contribution >= 0.6 is 0 Å². The van der Waals surface area contributed by atoms with Crippen molar-refractivity contribution in [3.05, 3.63) is 167 Å². The summed E-state index contributed by atoms with van der Waals surface area (Å²) in [7, 11) is 0. The quantitative estimate of drug-likeness (QED) is 0.189. The van der Waals surface area contributed by atoms with Crippen LogP contribution in [0.4, 0.5) is 11.4 Å². The fourth-order valence-corrected chi connectivity index (χ4v) is 10.4. The number of anilines is 2. The maximum absolute atomic E-state index is 2.69. The highest BCUT2D eigenvalue weighted by atomic mass is 15.2. The van der Waals surface area contributed by atoms with Crippen LogP contribution < -0.4 is 4.90 Å². The van der Waals surface area contributed by atoms with Crippen LogP contribution in [0.2, 0.25) is 0 Å². The fraction of sp³-hybridized carbons (Fsp3) is 0.217. The Morgan fingerprint density at radius 3 is 1.66 bits per heavy atom. The lowest BCUT2D eigenvalue weighted by atomic mass is 9.66. The number of nitrogens with zero attached hydrogens (tertiary/aromatic N) is 1. The molecule has 1 heteroatoms. The van der Waals surface area contributed by atoms with E-state index in [1.807, 2.05) is 0 Å². The predicted octanol–water partition coefficient (Wildman–Crippen LogP) is 11.8. The van der Waals surface area contributed by atoms with E-state index in [-0.39, 0.29) is 16.4 Å². The van der Waals surface area contributed by atoms with Crippen LogP contribution in [0.1, 0.15) is 73.8 Å². The van der Waals surface area contributed by atoms with Crippen LogP contribution in [-0.4, -0.2) is 5.54 Å². The number of benzene rings is 6. The maximum atomic E-state index is 2.69. The molecule has 10 rings (SSSR count). The summed E-state index contributed by atoms with van der Waals surface area (Å²) >= 11 is 0. The molecule has 47 heavy (non-hydrogen) atoms. The van der Waals surface area contributed by atoms with Gasteiger partial charge in [0.15, 0.2) is 0 Å². The van der Waals surface area contributed by atoms with Gasteiger partial charge in [-0.1, -0.05) is 135 Å².